The Morgan fingerprint density at radius 2 is 2.07 bits per heavy atom. The van der Waals surface area contributed by atoms with Crippen LogP contribution in [0.2, 0.25) is 0 Å². The van der Waals surface area contributed by atoms with Crippen LogP contribution in [0.5, 0.6) is 0 Å². The molecule has 14 heavy (non-hydrogen) atoms. The van der Waals surface area contributed by atoms with Gasteiger partial charge >= 0.3 is 0 Å². The third kappa shape index (κ3) is 2.54. The maximum Gasteiger partial charge on any atom is 0.250 e. The number of rotatable bonds is 4. The van der Waals surface area contributed by atoms with E-state index >= 15 is 0 Å². The van der Waals surface area contributed by atoms with Gasteiger partial charge in [-0.25, -0.2) is 8.78 Å². The van der Waals surface area contributed by atoms with Crippen LogP contribution < -0.4 is 5.32 Å². The molecule has 1 heterocycles. The van der Waals surface area contributed by atoms with E-state index in [-0.39, 0.29) is 6.54 Å². The van der Waals surface area contributed by atoms with Gasteiger partial charge < -0.3 is 9.88 Å². The first-order chi connectivity index (χ1) is 6.52. The molecule has 0 aliphatic heterocycles. The average Bonchev–Trinajstić information content (AvgIpc) is 2.33. The van der Waals surface area contributed by atoms with E-state index in [0.29, 0.717) is 6.54 Å². The van der Waals surface area contributed by atoms with Gasteiger partial charge in [-0.05, 0) is 25.5 Å². The normalized spacial score (nSPS) is 11.3. The number of nitrogens with zero attached hydrogens (tertiary/aromatic N) is 1. The summed E-state index contributed by atoms with van der Waals surface area (Å²) in [5.74, 6) is 0. The van der Waals surface area contributed by atoms with Crippen LogP contribution in [-0.2, 0) is 13.6 Å². The average molecular weight is 202 g/mol. The number of aromatic nitrogens is 1. The third-order valence-electron chi connectivity index (χ3n) is 2.49. The van der Waals surface area contributed by atoms with Crippen LogP contribution in [0.15, 0.2) is 6.07 Å². The zero-order chi connectivity index (χ0) is 10.7. The van der Waals surface area contributed by atoms with E-state index in [1.807, 2.05) is 27.0 Å². The van der Waals surface area contributed by atoms with E-state index in [9.17, 15) is 8.78 Å². The molecule has 0 aliphatic rings. The molecule has 0 radical (unpaired) electrons. The van der Waals surface area contributed by atoms with Crippen LogP contribution in [0.25, 0.3) is 0 Å². The molecule has 0 spiro atoms. The van der Waals surface area contributed by atoms with Gasteiger partial charge in [-0.2, -0.15) is 0 Å². The highest BCUT2D eigenvalue weighted by Crippen LogP contribution is 2.12. The highest BCUT2D eigenvalue weighted by Gasteiger charge is 2.06. The summed E-state index contributed by atoms with van der Waals surface area (Å²) in [6, 6.07) is 2.02. The maximum absolute atomic E-state index is 11.9. The summed E-state index contributed by atoms with van der Waals surface area (Å²) in [7, 11) is 1.97. The van der Waals surface area contributed by atoms with E-state index in [1.165, 1.54) is 0 Å². The smallest absolute Gasteiger partial charge is 0.250 e. The molecule has 0 aliphatic carbocycles. The standard InChI is InChI=1S/C10H16F2N2/c1-7-4-9(8(2)14(7)3)5-13-6-10(11)12/h4,10,13H,5-6H2,1-3H3. The first-order valence-electron chi connectivity index (χ1n) is 4.63. The Morgan fingerprint density at radius 1 is 1.43 bits per heavy atom. The molecular formula is C10H16F2N2. The minimum Gasteiger partial charge on any atom is -0.352 e. The molecule has 0 saturated carbocycles. The number of aryl methyl sites for hydroxylation is 1. The molecular weight excluding hydrogens is 186 g/mol. The molecule has 1 rings (SSSR count). The summed E-state index contributed by atoms with van der Waals surface area (Å²) in [5, 5.41) is 2.72. The van der Waals surface area contributed by atoms with Crippen molar-refractivity contribution in [3.63, 3.8) is 0 Å². The number of hydrogen-bond acceptors (Lipinski definition) is 1. The maximum atomic E-state index is 11.9. The van der Waals surface area contributed by atoms with Crippen molar-refractivity contribution in [3.8, 4) is 0 Å². The van der Waals surface area contributed by atoms with E-state index < -0.39 is 6.43 Å². The lowest BCUT2D eigenvalue weighted by Gasteiger charge is -2.04. The van der Waals surface area contributed by atoms with Gasteiger partial charge in [-0.3, -0.25) is 0 Å². The van der Waals surface area contributed by atoms with Crippen molar-refractivity contribution >= 4 is 0 Å². The molecule has 2 nitrogen and oxygen atoms in total. The van der Waals surface area contributed by atoms with Gasteiger partial charge in [-0.1, -0.05) is 0 Å². The van der Waals surface area contributed by atoms with Crippen LogP contribution in [0, 0.1) is 13.8 Å². The molecule has 0 saturated heterocycles. The fraction of sp³-hybridized carbons (Fsp3) is 0.600. The summed E-state index contributed by atoms with van der Waals surface area (Å²) in [5.41, 5.74) is 3.37. The monoisotopic (exact) mass is 202 g/mol. The van der Waals surface area contributed by atoms with Gasteiger partial charge in [0, 0.05) is 25.0 Å². The number of nitrogens with one attached hydrogen (secondary N) is 1. The Hall–Kier alpha value is -0.900. The van der Waals surface area contributed by atoms with Gasteiger partial charge in [-0.15, -0.1) is 0 Å². The van der Waals surface area contributed by atoms with Crippen molar-refractivity contribution in [2.24, 2.45) is 7.05 Å². The quantitative estimate of drug-likeness (QED) is 0.790. The van der Waals surface area contributed by atoms with Gasteiger partial charge in [0.25, 0.3) is 6.43 Å². The highest BCUT2D eigenvalue weighted by atomic mass is 19.3. The summed E-state index contributed by atoms with van der Waals surface area (Å²) in [6.07, 6.45) is -2.28. The molecule has 1 N–H and O–H groups in total. The Balaban J connectivity index is 2.55. The summed E-state index contributed by atoms with van der Waals surface area (Å²) in [4.78, 5) is 0. The number of alkyl halides is 2. The third-order valence-corrected chi connectivity index (χ3v) is 2.49. The van der Waals surface area contributed by atoms with E-state index in [4.69, 9.17) is 0 Å². The molecule has 0 atom stereocenters. The largest absolute Gasteiger partial charge is 0.352 e. The van der Waals surface area contributed by atoms with Crippen LogP contribution >= 0.6 is 0 Å². The lowest BCUT2D eigenvalue weighted by molar-refractivity contribution is 0.145. The van der Waals surface area contributed by atoms with Gasteiger partial charge in [0.2, 0.25) is 0 Å². The predicted molar refractivity (Wildman–Crippen MR) is 52.6 cm³/mol. The fourth-order valence-corrected chi connectivity index (χ4v) is 1.43. The van der Waals surface area contributed by atoms with Crippen molar-refractivity contribution in [3.05, 3.63) is 23.0 Å². The predicted octanol–water partition coefficient (Wildman–Crippen LogP) is 2.00. The number of halogens is 2. The highest BCUT2D eigenvalue weighted by molar-refractivity contribution is 5.26. The lowest BCUT2D eigenvalue weighted by atomic mass is 10.2. The second kappa shape index (κ2) is 4.55. The summed E-state index contributed by atoms with van der Waals surface area (Å²) in [6.45, 7) is 4.27. The van der Waals surface area contributed by atoms with Gasteiger partial charge in [0.05, 0.1) is 6.54 Å². The lowest BCUT2D eigenvalue weighted by Crippen LogP contribution is -2.20. The van der Waals surface area contributed by atoms with Crippen molar-refractivity contribution in [2.45, 2.75) is 26.8 Å². The second-order valence-electron chi connectivity index (χ2n) is 3.48. The van der Waals surface area contributed by atoms with Crippen molar-refractivity contribution in [2.75, 3.05) is 6.54 Å². The van der Waals surface area contributed by atoms with Crippen LogP contribution in [-0.4, -0.2) is 17.5 Å². The SMILES string of the molecule is Cc1cc(CNCC(F)F)c(C)n1C. The minimum absolute atomic E-state index is 0.243. The Morgan fingerprint density at radius 3 is 2.50 bits per heavy atom. The molecule has 1 aromatic heterocycles. The summed E-state index contributed by atoms with van der Waals surface area (Å²) >= 11 is 0. The van der Waals surface area contributed by atoms with E-state index in [0.717, 1.165) is 17.0 Å². The minimum atomic E-state index is -2.28. The Labute approximate surface area is 82.9 Å². The summed E-state index contributed by atoms with van der Waals surface area (Å²) < 4.78 is 25.8. The van der Waals surface area contributed by atoms with Crippen molar-refractivity contribution < 1.29 is 8.78 Å². The second-order valence-corrected chi connectivity index (χ2v) is 3.48. The number of hydrogen-bond donors (Lipinski definition) is 1. The van der Waals surface area contributed by atoms with E-state index in [2.05, 4.69) is 9.88 Å². The Bertz CT molecular complexity index is 305. The van der Waals surface area contributed by atoms with Gasteiger partial charge in [0.1, 0.15) is 0 Å². The van der Waals surface area contributed by atoms with Crippen molar-refractivity contribution in [1.29, 1.82) is 0 Å². The molecule has 0 fully saturated rings. The van der Waals surface area contributed by atoms with Crippen LogP contribution in [0.1, 0.15) is 17.0 Å². The first kappa shape index (κ1) is 11.2. The van der Waals surface area contributed by atoms with E-state index in [1.54, 1.807) is 0 Å². The molecule has 0 amide bonds. The zero-order valence-electron chi connectivity index (χ0n) is 8.77. The molecule has 0 aromatic carbocycles. The molecule has 0 unspecified atom stereocenters. The van der Waals surface area contributed by atoms with Crippen LogP contribution in [0.3, 0.4) is 0 Å². The molecule has 80 valence electrons. The Kier molecular flexibility index (Phi) is 3.63. The molecule has 4 heteroatoms. The molecule has 0 bridgehead atoms. The van der Waals surface area contributed by atoms with Crippen LogP contribution in [0.4, 0.5) is 8.78 Å². The fourth-order valence-electron chi connectivity index (χ4n) is 1.43. The molecule has 1 aromatic rings. The van der Waals surface area contributed by atoms with Gasteiger partial charge in [0.15, 0.2) is 0 Å². The topological polar surface area (TPSA) is 17.0 Å². The van der Waals surface area contributed by atoms with Crippen molar-refractivity contribution in [1.82, 2.24) is 9.88 Å². The first-order valence-corrected chi connectivity index (χ1v) is 4.63. The zero-order valence-corrected chi connectivity index (χ0v) is 8.77.